The van der Waals surface area contributed by atoms with E-state index in [0.29, 0.717) is 18.8 Å². The van der Waals surface area contributed by atoms with Crippen molar-refractivity contribution < 1.29 is 18.7 Å². The number of hydrogen-bond acceptors (Lipinski definition) is 5. The average molecular weight is 373 g/mol. The lowest BCUT2D eigenvalue weighted by molar-refractivity contribution is 0.0557. The summed E-state index contributed by atoms with van der Waals surface area (Å²) in [5.41, 5.74) is 1.05. The molecule has 1 aliphatic rings. The molecule has 27 heavy (non-hydrogen) atoms. The number of hydrogen-bond donors (Lipinski definition) is 1. The molecule has 1 saturated heterocycles. The molecule has 0 aliphatic carbocycles. The van der Waals surface area contributed by atoms with Crippen LogP contribution in [0, 0.1) is 5.82 Å². The minimum Gasteiger partial charge on any atom is -0.487 e. The number of nitrogens with one attached hydrogen (secondary N) is 1. The van der Waals surface area contributed by atoms with Gasteiger partial charge in [-0.2, -0.15) is 0 Å². The Balaban J connectivity index is 1.60. The topological polar surface area (TPSA) is 63.7 Å². The van der Waals surface area contributed by atoms with Crippen LogP contribution >= 0.6 is 0 Å². The van der Waals surface area contributed by atoms with Gasteiger partial charge in [-0.25, -0.2) is 9.18 Å². The Bertz CT molecular complexity index is 762. The third-order valence-corrected chi connectivity index (χ3v) is 4.52. The zero-order chi connectivity index (χ0) is 19.2. The quantitative estimate of drug-likeness (QED) is 0.872. The Kier molecular flexibility index (Phi) is 6.24. The molecule has 0 bridgehead atoms. The zero-order valence-electron chi connectivity index (χ0n) is 15.5. The molecule has 6 nitrogen and oxygen atoms in total. The molecule has 1 aromatic heterocycles. The number of carbonyl (C=O) groups excluding carboxylic acids is 1. The van der Waals surface area contributed by atoms with E-state index in [0.717, 1.165) is 5.69 Å². The van der Waals surface area contributed by atoms with Crippen molar-refractivity contribution in [2.75, 3.05) is 13.1 Å². The van der Waals surface area contributed by atoms with Crippen LogP contribution in [0.1, 0.15) is 25.1 Å². The van der Waals surface area contributed by atoms with Crippen LogP contribution in [-0.2, 0) is 18.0 Å². The highest BCUT2D eigenvalue weighted by atomic mass is 19.1. The molecule has 2 unspecified atom stereocenters. The lowest BCUT2D eigenvalue weighted by Gasteiger charge is -2.38. The molecule has 1 aromatic carbocycles. The molecule has 1 fully saturated rings. The number of amides is 1. The number of aromatic nitrogens is 1. The molecule has 1 aliphatic heterocycles. The summed E-state index contributed by atoms with van der Waals surface area (Å²) >= 11 is 0. The van der Waals surface area contributed by atoms with Crippen molar-refractivity contribution in [1.29, 1.82) is 0 Å². The smallest absolute Gasteiger partial charge is 0.410 e. The number of nitrogens with zero attached hydrogens (tertiary/aromatic N) is 2. The van der Waals surface area contributed by atoms with E-state index in [2.05, 4.69) is 10.3 Å². The summed E-state index contributed by atoms with van der Waals surface area (Å²) in [6, 6.07) is 10.0. The molecule has 1 amide bonds. The van der Waals surface area contributed by atoms with E-state index >= 15 is 0 Å². The Hall–Kier alpha value is -2.67. The fraction of sp³-hybridized carbons (Fsp3) is 0.400. The van der Waals surface area contributed by atoms with Gasteiger partial charge in [0.2, 0.25) is 0 Å². The molecule has 144 valence electrons. The minimum atomic E-state index is -0.436. The van der Waals surface area contributed by atoms with Gasteiger partial charge >= 0.3 is 6.09 Å². The van der Waals surface area contributed by atoms with Gasteiger partial charge in [0, 0.05) is 36.9 Å². The van der Waals surface area contributed by atoms with E-state index in [1.54, 1.807) is 23.2 Å². The fourth-order valence-electron chi connectivity index (χ4n) is 3.10. The first-order valence-electron chi connectivity index (χ1n) is 9.01. The van der Waals surface area contributed by atoms with Crippen LogP contribution < -0.4 is 10.1 Å². The van der Waals surface area contributed by atoms with Gasteiger partial charge in [0.05, 0.1) is 5.69 Å². The van der Waals surface area contributed by atoms with Crippen LogP contribution in [0.4, 0.5) is 9.18 Å². The molecule has 1 N–H and O–H groups in total. The summed E-state index contributed by atoms with van der Waals surface area (Å²) in [6.07, 6.45) is 1.25. The number of rotatable bonds is 5. The molecule has 0 radical (unpaired) electrons. The number of carbonyl (C=O) groups is 1. The zero-order valence-corrected chi connectivity index (χ0v) is 15.5. The summed E-state index contributed by atoms with van der Waals surface area (Å²) in [5, 5.41) is 3.26. The van der Waals surface area contributed by atoms with Crippen molar-refractivity contribution in [2.45, 2.75) is 39.1 Å². The van der Waals surface area contributed by atoms with Gasteiger partial charge in [0.1, 0.15) is 24.8 Å². The van der Waals surface area contributed by atoms with Crippen molar-refractivity contribution in [3.8, 4) is 5.75 Å². The van der Waals surface area contributed by atoms with Gasteiger partial charge in [0.15, 0.2) is 0 Å². The minimum absolute atomic E-state index is 0.0270. The van der Waals surface area contributed by atoms with E-state index in [1.807, 2.05) is 32.0 Å². The summed E-state index contributed by atoms with van der Waals surface area (Å²) in [5.74, 6) is 0.0615. The molecular formula is C20H24FN3O3. The van der Waals surface area contributed by atoms with Crippen LogP contribution in [0.15, 0.2) is 42.6 Å². The van der Waals surface area contributed by atoms with Crippen molar-refractivity contribution in [2.24, 2.45) is 0 Å². The van der Waals surface area contributed by atoms with E-state index in [1.165, 1.54) is 6.07 Å². The second kappa shape index (κ2) is 8.81. The van der Waals surface area contributed by atoms with Gasteiger partial charge in [-0.3, -0.25) is 4.98 Å². The molecular weight excluding hydrogens is 349 g/mol. The first-order valence-corrected chi connectivity index (χ1v) is 9.01. The van der Waals surface area contributed by atoms with Crippen LogP contribution in [0.25, 0.3) is 0 Å². The summed E-state index contributed by atoms with van der Waals surface area (Å²) in [6.45, 7) is 5.47. The third kappa shape index (κ3) is 4.95. The predicted octanol–water partition coefficient (Wildman–Crippen LogP) is 3.12. The molecule has 0 saturated carbocycles. The second-order valence-corrected chi connectivity index (χ2v) is 6.68. The number of halogens is 1. The number of piperazine rings is 1. The maximum atomic E-state index is 14.1. The molecule has 2 aromatic rings. The average Bonchev–Trinajstić information content (AvgIpc) is 2.67. The molecule has 2 heterocycles. The van der Waals surface area contributed by atoms with Gasteiger partial charge in [0.25, 0.3) is 0 Å². The van der Waals surface area contributed by atoms with Crippen molar-refractivity contribution in [3.63, 3.8) is 0 Å². The van der Waals surface area contributed by atoms with Crippen molar-refractivity contribution in [1.82, 2.24) is 15.2 Å². The highest BCUT2D eigenvalue weighted by molar-refractivity contribution is 5.68. The molecule has 7 heteroatoms. The molecule has 2 atom stereocenters. The van der Waals surface area contributed by atoms with E-state index < -0.39 is 11.9 Å². The first-order chi connectivity index (χ1) is 13.0. The third-order valence-electron chi connectivity index (χ3n) is 4.52. The van der Waals surface area contributed by atoms with Crippen LogP contribution in [0.5, 0.6) is 5.75 Å². The van der Waals surface area contributed by atoms with E-state index in [-0.39, 0.29) is 30.9 Å². The SMILES string of the molecule is CC1CNCC(C)N1C(=O)OCc1cc(OCc2ccccn2)ccc1F. The van der Waals surface area contributed by atoms with E-state index in [9.17, 15) is 9.18 Å². The van der Waals surface area contributed by atoms with Crippen LogP contribution in [-0.4, -0.2) is 41.2 Å². The number of pyridine rings is 1. The maximum Gasteiger partial charge on any atom is 0.410 e. The largest absolute Gasteiger partial charge is 0.487 e. The predicted molar refractivity (Wildman–Crippen MR) is 98.8 cm³/mol. The van der Waals surface area contributed by atoms with Gasteiger partial charge in [-0.05, 0) is 44.2 Å². The number of ether oxygens (including phenoxy) is 2. The Morgan fingerprint density at radius 1 is 1.22 bits per heavy atom. The van der Waals surface area contributed by atoms with Crippen LogP contribution in [0.3, 0.4) is 0 Å². The Labute approximate surface area is 158 Å². The standard InChI is InChI=1S/C20H24FN3O3/c1-14-10-22-11-15(2)24(14)20(25)27-12-16-9-18(6-7-19(16)21)26-13-17-5-3-4-8-23-17/h3-9,14-15,22H,10-13H2,1-2H3. The van der Waals surface area contributed by atoms with Gasteiger partial charge in [-0.1, -0.05) is 6.07 Å². The Morgan fingerprint density at radius 2 is 2.00 bits per heavy atom. The Morgan fingerprint density at radius 3 is 2.70 bits per heavy atom. The van der Waals surface area contributed by atoms with Crippen LogP contribution in [0.2, 0.25) is 0 Å². The maximum absolute atomic E-state index is 14.1. The highest BCUT2D eigenvalue weighted by Crippen LogP contribution is 2.20. The first kappa shape index (κ1) is 19.1. The lowest BCUT2D eigenvalue weighted by Crippen LogP contribution is -2.57. The van der Waals surface area contributed by atoms with Gasteiger partial charge in [-0.15, -0.1) is 0 Å². The summed E-state index contributed by atoms with van der Waals surface area (Å²) in [7, 11) is 0. The highest BCUT2D eigenvalue weighted by Gasteiger charge is 2.30. The van der Waals surface area contributed by atoms with E-state index in [4.69, 9.17) is 9.47 Å². The second-order valence-electron chi connectivity index (χ2n) is 6.68. The normalized spacial score (nSPS) is 19.6. The monoisotopic (exact) mass is 373 g/mol. The van der Waals surface area contributed by atoms with Gasteiger partial charge < -0.3 is 19.7 Å². The fourth-order valence-corrected chi connectivity index (χ4v) is 3.10. The summed E-state index contributed by atoms with van der Waals surface area (Å²) < 4.78 is 25.1. The lowest BCUT2D eigenvalue weighted by atomic mass is 10.1. The molecule has 0 spiro atoms. The molecule has 3 rings (SSSR count). The van der Waals surface area contributed by atoms with Crippen molar-refractivity contribution >= 4 is 6.09 Å². The number of benzene rings is 1. The van der Waals surface area contributed by atoms with Crippen molar-refractivity contribution in [3.05, 3.63) is 59.7 Å². The summed E-state index contributed by atoms with van der Waals surface area (Å²) in [4.78, 5) is 18.3.